The number of anilines is 1. The Labute approximate surface area is 176 Å². The molecular weight excluding hydrogens is 418 g/mol. The topological polar surface area (TPSA) is 89.2 Å². The van der Waals surface area contributed by atoms with Crippen molar-refractivity contribution in [2.24, 2.45) is 0 Å². The average Bonchev–Trinajstić information content (AvgIpc) is 3.42. The van der Waals surface area contributed by atoms with Gasteiger partial charge in [0.1, 0.15) is 5.82 Å². The minimum Gasteiger partial charge on any atom is -0.365 e. The highest BCUT2D eigenvalue weighted by Gasteiger charge is 2.27. The molecule has 5 rings (SSSR count). The molecule has 0 amide bonds. The van der Waals surface area contributed by atoms with Gasteiger partial charge in [-0.1, -0.05) is 41.1 Å². The van der Waals surface area contributed by atoms with Crippen LogP contribution in [0.2, 0.25) is 0 Å². The Morgan fingerprint density at radius 2 is 1.83 bits per heavy atom. The number of nitrogens with one attached hydrogen (secondary N) is 1. The Morgan fingerprint density at radius 1 is 1.03 bits per heavy atom. The van der Waals surface area contributed by atoms with Gasteiger partial charge in [0.2, 0.25) is 14.9 Å². The molecule has 7 nitrogen and oxygen atoms in total. The summed E-state index contributed by atoms with van der Waals surface area (Å²) >= 11 is 1.64. The van der Waals surface area contributed by atoms with Crippen LogP contribution in [0.15, 0.2) is 76.0 Å². The molecule has 0 aliphatic carbocycles. The lowest BCUT2D eigenvalue weighted by Crippen LogP contribution is -2.07. The van der Waals surface area contributed by atoms with E-state index in [4.69, 9.17) is 0 Å². The number of sulfone groups is 1. The van der Waals surface area contributed by atoms with Crippen molar-refractivity contribution >= 4 is 43.5 Å². The van der Waals surface area contributed by atoms with Gasteiger partial charge in [-0.2, -0.15) is 4.52 Å². The van der Waals surface area contributed by atoms with Crippen LogP contribution in [0.25, 0.3) is 16.6 Å². The van der Waals surface area contributed by atoms with Gasteiger partial charge >= 0.3 is 0 Å². The maximum absolute atomic E-state index is 13.2. The smallest absolute Gasteiger partial charge is 0.229 e. The van der Waals surface area contributed by atoms with E-state index in [0.29, 0.717) is 12.4 Å². The molecule has 0 spiro atoms. The zero-order valence-corrected chi connectivity index (χ0v) is 17.6. The van der Waals surface area contributed by atoms with Crippen molar-refractivity contribution in [3.05, 3.63) is 76.5 Å². The molecule has 0 saturated heterocycles. The average molecular weight is 436 g/mol. The summed E-state index contributed by atoms with van der Waals surface area (Å²) in [5.74, 6) is 0.592. The van der Waals surface area contributed by atoms with Gasteiger partial charge in [-0.25, -0.2) is 13.4 Å². The Bertz CT molecular complexity index is 1460. The first kappa shape index (κ1) is 18.7. The van der Waals surface area contributed by atoms with Gasteiger partial charge in [-0.15, -0.1) is 16.4 Å². The van der Waals surface area contributed by atoms with Crippen LogP contribution in [0.3, 0.4) is 0 Å². The number of aryl methyl sites for hydroxylation is 1. The van der Waals surface area contributed by atoms with Crippen molar-refractivity contribution in [1.82, 2.24) is 19.8 Å². The monoisotopic (exact) mass is 435 g/mol. The standard InChI is InChI=1S/C21H17N5O2S2/c1-14-8-10-16(11-9-14)30(27,28)21-20-23-19(22-13-15-5-4-12-29-15)17-6-2-3-7-18(17)26(20)25-24-21/h2-12H,13H2,1H3,(H,22,23). The summed E-state index contributed by atoms with van der Waals surface area (Å²) in [4.78, 5) is 5.94. The van der Waals surface area contributed by atoms with Gasteiger partial charge in [0, 0.05) is 10.3 Å². The number of fused-ring (bicyclic) bond motifs is 3. The summed E-state index contributed by atoms with van der Waals surface area (Å²) in [7, 11) is -3.87. The van der Waals surface area contributed by atoms with E-state index >= 15 is 0 Å². The molecule has 0 radical (unpaired) electrons. The Hall–Kier alpha value is -3.30. The van der Waals surface area contributed by atoms with Gasteiger partial charge in [0.05, 0.1) is 17.0 Å². The summed E-state index contributed by atoms with van der Waals surface area (Å²) in [6.45, 7) is 2.50. The number of nitrogens with zero attached hydrogens (tertiary/aromatic N) is 4. The van der Waals surface area contributed by atoms with E-state index in [1.54, 1.807) is 35.6 Å². The normalized spacial score (nSPS) is 11.9. The minimum atomic E-state index is -3.87. The highest BCUT2D eigenvalue weighted by Crippen LogP contribution is 2.28. The zero-order valence-electron chi connectivity index (χ0n) is 16.0. The third kappa shape index (κ3) is 3.12. The SMILES string of the molecule is Cc1ccc(S(=O)(=O)c2nnn3c2nc(NCc2cccs2)c2ccccc23)cc1. The number of hydrogen-bond acceptors (Lipinski definition) is 7. The molecule has 3 aromatic heterocycles. The Morgan fingerprint density at radius 3 is 2.60 bits per heavy atom. The second-order valence-corrected chi connectivity index (χ2v) is 9.75. The van der Waals surface area contributed by atoms with E-state index in [1.807, 2.05) is 48.7 Å². The van der Waals surface area contributed by atoms with Crippen LogP contribution < -0.4 is 5.32 Å². The van der Waals surface area contributed by atoms with Gasteiger partial charge in [0.15, 0.2) is 5.65 Å². The van der Waals surface area contributed by atoms with E-state index in [2.05, 4.69) is 20.6 Å². The molecule has 30 heavy (non-hydrogen) atoms. The number of aromatic nitrogens is 4. The first-order valence-electron chi connectivity index (χ1n) is 9.26. The van der Waals surface area contributed by atoms with Crippen molar-refractivity contribution < 1.29 is 8.42 Å². The summed E-state index contributed by atoms with van der Waals surface area (Å²) in [6, 6.07) is 18.3. The van der Waals surface area contributed by atoms with E-state index in [-0.39, 0.29) is 15.6 Å². The highest BCUT2D eigenvalue weighted by atomic mass is 32.2. The molecule has 3 heterocycles. The number of rotatable bonds is 5. The van der Waals surface area contributed by atoms with Crippen molar-refractivity contribution in [3.8, 4) is 0 Å². The summed E-state index contributed by atoms with van der Waals surface area (Å²) in [5.41, 5.74) is 1.91. The predicted octanol–water partition coefficient (Wildman–Crippen LogP) is 4.09. The molecule has 150 valence electrons. The third-order valence-corrected chi connectivity index (χ3v) is 7.36. The van der Waals surface area contributed by atoms with Crippen LogP contribution in [-0.2, 0) is 16.4 Å². The molecule has 0 bridgehead atoms. The van der Waals surface area contributed by atoms with E-state index in [0.717, 1.165) is 21.3 Å². The van der Waals surface area contributed by atoms with Gasteiger partial charge < -0.3 is 5.32 Å². The molecule has 5 aromatic rings. The predicted molar refractivity (Wildman–Crippen MR) is 117 cm³/mol. The van der Waals surface area contributed by atoms with Crippen molar-refractivity contribution in [3.63, 3.8) is 0 Å². The van der Waals surface area contributed by atoms with Crippen LogP contribution in [0.1, 0.15) is 10.4 Å². The molecule has 0 aliphatic rings. The number of benzene rings is 2. The van der Waals surface area contributed by atoms with Crippen molar-refractivity contribution in [2.45, 2.75) is 23.4 Å². The minimum absolute atomic E-state index is 0.156. The van der Waals surface area contributed by atoms with E-state index in [1.165, 1.54) is 4.52 Å². The van der Waals surface area contributed by atoms with E-state index < -0.39 is 9.84 Å². The molecule has 0 saturated carbocycles. The number of para-hydroxylation sites is 1. The van der Waals surface area contributed by atoms with Crippen LogP contribution in [0.5, 0.6) is 0 Å². The molecule has 0 aliphatic heterocycles. The Balaban J connectivity index is 1.68. The van der Waals surface area contributed by atoms with Crippen LogP contribution >= 0.6 is 11.3 Å². The fraction of sp³-hybridized carbons (Fsp3) is 0.0952. The molecule has 9 heteroatoms. The first-order valence-corrected chi connectivity index (χ1v) is 11.6. The molecule has 2 aromatic carbocycles. The van der Waals surface area contributed by atoms with Crippen LogP contribution in [0.4, 0.5) is 5.82 Å². The van der Waals surface area contributed by atoms with Crippen LogP contribution in [0, 0.1) is 6.92 Å². The van der Waals surface area contributed by atoms with E-state index in [9.17, 15) is 8.42 Å². The fourth-order valence-electron chi connectivity index (χ4n) is 3.27. The molecular formula is C21H17N5O2S2. The lowest BCUT2D eigenvalue weighted by atomic mass is 10.2. The highest BCUT2D eigenvalue weighted by molar-refractivity contribution is 7.91. The maximum atomic E-state index is 13.2. The lowest BCUT2D eigenvalue weighted by molar-refractivity contribution is 0.592. The maximum Gasteiger partial charge on any atom is 0.229 e. The summed E-state index contributed by atoms with van der Waals surface area (Å²) < 4.78 is 28.0. The first-order chi connectivity index (χ1) is 14.5. The molecule has 0 unspecified atom stereocenters. The van der Waals surface area contributed by atoms with Gasteiger partial charge in [-0.05, 0) is 42.6 Å². The van der Waals surface area contributed by atoms with Gasteiger partial charge in [-0.3, -0.25) is 0 Å². The fourth-order valence-corrected chi connectivity index (χ4v) is 5.15. The number of hydrogen-bond donors (Lipinski definition) is 1. The quantitative estimate of drug-likeness (QED) is 0.447. The van der Waals surface area contributed by atoms with Crippen LogP contribution in [-0.4, -0.2) is 28.2 Å². The van der Waals surface area contributed by atoms with Gasteiger partial charge in [0.25, 0.3) is 0 Å². The summed E-state index contributed by atoms with van der Waals surface area (Å²) in [6.07, 6.45) is 0. The van der Waals surface area contributed by atoms with Crippen molar-refractivity contribution in [1.29, 1.82) is 0 Å². The van der Waals surface area contributed by atoms with Crippen molar-refractivity contribution in [2.75, 3.05) is 5.32 Å². The largest absolute Gasteiger partial charge is 0.365 e. The zero-order chi connectivity index (χ0) is 20.7. The Kier molecular flexibility index (Phi) is 4.48. The summed E-state index contributed by atoms with van der Waals surface area (Å²) in [5, 5.41) is 14.1. The second kappa shape index (κ2) is 7.19. The molecule has 0 fully saturated rings. The second-order valence-electron chi connectivity index (χ2n) is 6.86. The molecule has 1 N–H and O–H groups in total. The molecule has 0 atom stereocenters. The number of thiophene rings is 1. The lowest BCUT2D eigenvalue weighted by Gasteiger charge is -2.10. The third-order valence-electron chi connectivity index (χ3n) is 4.82.